The summed E-state index contributed by atoms with van der Waals surface area (Å²) in [4.78, 5) is 0. The first-order valence-electron chi connectivity index (χ1n) is 3.81. The molecule has 2 heteroatoms. The molecular formula is C10H9FN+. The maximum absolute atomic E-state index is 12.8. The summed E-state index contributed by atoms with van der Waals surface area (Å²) in [5.41, 5.74) is 1.04. The van der Waals surface area contributed by atoms with Crippen molar-refractivity contribution in [3.63, 3.8) is 0 Å². The van der Waals surface area contributed by atoms with E-state index in [0.29, 0.717) is 0 Å². The van der Waals surface area contributed by atoms with E-state index in [9.17, 15) is 4.39 Å². The standard InChI is InChI=1S/C10H9FN/c1-12-6-2-3-8-7-9(11)4-5-10(8)12/h2-7H,1H3/q+1. The predicted octanol–water partition coefficient (Wildman–Crippen LogP) is 1.80. The Labute approximate surface area is 70.1 Å². The van der Waals surface area contributed by atoms with Gasteiger partial charge in [-0.15, -0.1) is 0 Å². The molecule has 0 bridgehead atoms. The zero-order chi connectivity index (χ0) is 8.55. The fraction of sp³-hybridized carbons (Fsp3) is 0.100. The molecule has 1 aromatic heterocycles. The van der Waals surface area contributed by atoms with Gasteiger partial charge in [0, 0.05) is 17.5 Å². The van der Waals surface area contributed by atoms with E-state index in [2.05, 4.69) is 0 Å². The lowest BCUT2D eigenvalue weighted by Gasteiger charge is -1.94. The van der Waals surface area contributed by atoms with Crippen LogP contribution in [-0.4, -0.2) is 0 Å². The fourth-order valence-electron chi connectivity index (χ4n) is 1.34. The second-order valence-electron chi connectivity index (χ2n) is 2.82. The molecule has 0 saturated carbocycles. The van der Waals surface area contributed by atoms with Crippen LogP contribution < -0.4 is 4.57 Å². The van der Waals surface area contributed by atoms with Crippen molar-refractivity contribution >= 4 is 10.9 Å². The van der Waals surface area contributed by atoms with Gasteiger partial charge in [-0.3, -0.25) is 0 Å². The molecule has 0 saturated heterocycles. The van der Waals surface area contributed by atoms with Crippen molar-refractivity contribution in [2.75, 3.05) is 0 Å². The highest BCUT2D eigenvalue weighted by Crippen LogP contribution is 2.10. The molecule has 2 rings (SSSR count). The van der Waals surface area contributed by atoms with Crippen molar-refractivity contribution in [2.45, 2.75) is 0 Å². The Morgan fingerprint density at radius 1 is 1.25 bits per heavy atom. The van der Waals surface area contributed by atoms with Crippen molar-refractivity contribution in [1.29, 1.82) is 0 Å². The van der Waals surface area contributed by atoms with Gasteiger partial charge in [-0.05, 0) is 18.2 Å². The van der Waals surface area contributed by atoms with Gasteiger partial charge >= 0.3 is 0 Å². The number of hydrogen-bond acceptors (Lipinski definition) is 0. The molecule has 0 fully saturated rings. The highest BCUT2D eigenvalue weighted by atomic mass is 19.1. The van der Waals surface area contributed by atoms with Gasteiger partial charge in [0.15, 0.2) is 6.20 Å². The Hall–Kier alpha value is -1.44. The van der Waals surface area contributed by atoms with Crippen LogP contribution >= 0.6 is 0 Å². The van der Waals surface area contributed by atoms with Gasteiger partial charge in [0.1, 0.15) is 12.9 Å². The number of aryl methyl sites for hydroxylation is 1. The molecule has 0 aliphatic carbocycles. The van der Waals surface area contributed by atoms with Gasteiger partial charge < -0.3 is 0 Å². The van der Waals surface area contributed by atoms with E-state index >= 15 is 0 Å². The van der Waals surface area contributed by atoms with E-state index in [1.807, 2.05) is 29.9 Å². The Bertz CT molecular complexity index is 423. The summed E-state index contributed by atoms with van der Waals surface area (Å²) in [5, 5.41) is 0.931. The van der Waals surface area contributed by atoms with Gasteiger partial charge in [-0.25, -0.2) is 8.96 Å². The summed E-state index contributed by atoms with van der Waals surface area (Å²) < 4.78 is 14.7. The van der Waals surface area contributed by atoms with Crippen LogP contribution in [0.4, 0.5) is 4.39 Å². The van der Waals surface area contributed by atoms with Gasteiger partial charge in [-0.1, -0.05) is 0 Å². The molecule has 0 aliphatic rings. The van der Waals surface area contributed by atoms with Crippen molar-refractivity contribution < 1.29 is 8.96 Å². The minimum Gasteiger partial charge on any atom is -0.207 e. The Morgan fingerprint density at radius 2 is 2.08 bits per heavy atom. The van der Waals surface area contributed by atoms with E-state index in [0.717, 1.165) is 10.9 Å². The zero-order valence-corrected chi connectivity index (χ0v) is 6.79. The third-order valence-corrected chi connectivity index (χ3v) is 1.96. The molecule has 60 valence electrons. The Morgan fingerprint density at radius 3 is 2.92 bits per heavy atom. The van der Waals surface area contributed by atoms with Crippen LogP contribution in [0.25, 0.3) is 10.9 Å². The molecule has 0 N–H and O–H groups in total. The summed E-state index contributed by atoms with van der Waals surface area (Å²) in [5.74, 6) is -0.186. The van der Waals surface area contributed by atoms with E-state index in [1.54, 1.807) is 6.07 Å². The molecule has 1 aromatic carbocycles. The molecule has 0 amide bonds. The third kappa shape index (κ3) is 1.05. The second-order valence-corrected chi connectivity index (χ2v) is 2.82. The van der Waals surface area contributed by atoms with Crippen molar-refractivity contribution in [3.05, 3.63) is 42.3 Å². The first kappa shape index (κ1) is 7.22. The minimum atomic E-state index is -0.186. The number of aromatic nitrogens is 1. The summed E-state index contributed by atoms with van der Waals surface area (Å²) in [6, 6.07) is 8.60. The van der Waals surface area contributed by atoms with E-state index in [4.69, 9.17) is 0 Å². The number of fused-ring (bicyclic) bond motifs is 1. The topological polar surface area (TPSA) is 3.88 Å². The fourth-order valence-corrected chi connectivity index (χ4v) is 1.34. The molecular weight excluding hydrogens is 153 g/mol. The Kier molecular flexibility index (Phi) is 1.54. The molecule has 0 aliphatic heterocycles. The number of benzene rings is 1. The largest absolute Gasteiger partial charge is 0.212 e. The molecule has 0 atom stereocenters. The lowest BCUT2D eigenvalue weighted by Crippen LogP contribution is -2.27. The van der Waals surface area contributed by atoms with Gasteiger partial charge in [0.05, 0.1) is 0 Å². The number of pyridine rings is 1. The number of halogens is 1. The highest BCUT2D eigenvalue weighted by Gasteiger charge is 2.02. The molecule has 0 radical (unpaired) electrons. The average molecular weight is 162 g/mol. The highest BCUT2D eigenvalue weighted by molar-refractivity contribution is 5.75. The summed E-state index contributed by atoms with van der Waals surface area (Å²) in [7, 11) is 1.94. The molecule has 0 unspecified atom stereocenters. The molecule has 0 spiro atoms. The third-order valence-electron chi connectivity index (χ3n) is 1.96. The number of hydrogen-bond donors (Lipinski definition) is 0. The van der Waals surface area contributed by atoms with Crippen molar-refractivity contribution in [1.82, 2.24) is 0 Å². The monoisotopic (exact) mass is 162 g/mol. The van der Waals surface area contributed by atoms with Gasteiger partial charge in [0.25, 0.3) is 0 Å². The number of nitrogens with zero attached hydrogens (tertiary/aromatic N) is 1. The average Bonchev–Trinajstić information content (AvgIpc) is 2.04. The van der Waals surface area contributed by atoms with E-state index < -0.39 is 0 Å². The van der Waals surface area contributed by atoms with Gasteiger partial charge in [0.2, 0.25) is 5.52 Å². The van der Waals surface area contributed by atoms with Crippen LogP contribution in [0.2, 0.25) is 0 Å². The van der Waals surface area contributed by atoms with Gasteiger partial charge in [-0.2, -0.15) is 0 Å². The van der Waals surface area contributed by atoms with Crippen LogP contribution in [0.15, 0.2) is 36.5 Å². The molecule has 2 aromatic rings. The van der Waals surface area contributed by atoms with Crippen molar-refractivity contribution in [2.24, 2.45) is 7.05 Å². The first-order chi connectivity index (χ1) is 5.77. The number of rotatable bonds is 0. The quantitative estimate of drug-likeness (QED) is 0.520. The maximum atomic E-state index is 12.8. The van der Waals surface area contributed by atoms with E-state index in [-0.39, 0.29) is 5.82 Å². The predicted molar refractivity (Wildman–Crippen MR) is 45.1 cm³/mol. The summed E-state index contributed by atoms with van der Waals surface area (Å²) in [6.07, 6.45) is 1.94. The normalized spacial score (nSPS) is 10.5. The van der Waals surface area contributed by atoms with E-state index in [1.165, 1.54) is 12.1 Å². The lowest BCUT2D eigenvalue weighted by molar-refractivity contribution is -0.644. The lowest BCUT2D eigenvalue weighted by atomic mass is 10.2. The summed E-state index contributed by atoms with van der Waals surface area (Å²) in [6.45, 7) is 0. The maximum Gasteiger partial charge on any atom is 0.212 e. The smallest absolute Gasteiger partial charge is 0.207 e. The molecule has 1 heterocycles. The molecule has 1 nitrogen and oxygen atoms in total. The van der Waals surface area contributed by atoms with Crippen LogP contribution in [0.5, 0.6) is 0 Å². The van der Waals surface area contributed by atoms with Crippen LogP contribution in [0.1, 0.15) is 0 Å². The first-order valence-corrected chi connectivity index (χ1v) is 3.81. The second kappa shape index (κ2) is 2.55. The molecule has 12 heavy (non-hydrogen) atoms. The van der Waals surface area contributed by atoms with Crippen molar-refractivity contribution in [3.8, 4) is 0 Å². The van der Waals surface area contributed by atoms with Crippen LogP contribution in [0, 0.1) is 5.82 Å². The SMILES string of the molecule is C[n+]1cccc2cc(F)ccc21. The zero-order valence-electron chi connectivity index (χ0n) is 6.79. The summed E-state index contributed by atoms with van der Waals surface area (Å²) >= 11 is 0. The van der Waals surface area contributed by atoms with Crippen LogP contribution in [0.3, 0.4) is 0 Å². The minimum absolute atomic E-state index is 0.186. The van der Waals surface area contributed by atoms with Crippen LogP contribution in [-0.2, 0) is 7.05 Å². The Balaban J connectivity index is 2.86.